The summed E-state index contributed by atoms with van der Waals surface area (Å²) in [6.07, 6.45) is -7.08. The molecule has 1 heterocycles. The van der Waals surface area contributed by atoms with Crippen LogP contribution >= 0.6 is 0 Å². The molecule has 1 aromatic heterocycles. The van der Waals surface area contributed by atoms with Crippen LogP contribution in [0.2, 0.25) is 0 Å². The lowest BCUT2D eigenvalue weighted by Gasteiger charge is -2.07. The van der Waals surface area contributed by atoms with Gasteiger partial charge < -0.3 is 0 Å². The average molecular weight is 339 g/mol. The summed E-state index contributed by atoms with van der Waals surface area (Å²) in [5, 5.41) is 3.13. The smallest absolute Gasteiger partial charge is 0.231 e. The van der Waals surface area contributed by atoms with Crippen LogP contribution < -0.4 is 0 Å². The van der Waals surface area contributed by atoms with Crippen molar-refractivity contribution in [3.8, 4) is 5.69 Å². The normalized spacial score (nSPS) is 14.1. The van der Waals surface area contributed by atoms with Crippen LogP contribution in [0, 0.1) is 0 Å². The molecule has 0 aliphatic rings. The first kappa shape index (κ1) is 16.4. The van der Waals surface area contributed by atoms with Crippen LogP contribution in [-0.2, 0) is 16.0 Å². The van der Waals surface area contributed by atoms with Crippen molar-refractivity contribution in [2.75, 3.05) is 6.26 Å². The summed E-state index contributed by atoms with van der Waals surface area (Å²) >= 11 is 0. The van der Waals surface area contributed by atoms with Crippen molar-refractivity contribution in [3.05, 3.63) is 41.7 Å². The van der Waals surface area contributed by atoms with Crippen LogP contribution in [-0.4, -0.2) is 24.5 Å². The van der Waals surface area contributed by atoms with Gasteiger partial charge >= 0.3 is 6.18 Å². The second-order valence-electron chi connectivity index (χ2n) is 4.43. The van der Waals surface area contributed by atoms with Gasteiger partial charge in [-0.05, 0) is 30.3 Å². The van der Waals surface area contributed by atoms with Crippen LogP contribution in [0.5, 0.6) is 0 Å². The van der Waals surface area contributed by atoms with Crippen molar-refractivity contribution >= 4 is 9.84 Å². The molecule has 2 aromatic rings. The molecular weight excluding hydrogens is 330 g/mol. The fraction of sp³-hybridized carbons (Fsp3) is 0.250. The third-order valence-electron chi connectivity index (χ3n) is 2.76. The van der Waals surface area contributed by atoms with Crippen LogP contribution in [0.3, 0.4) is 0 Å². The minimum Gasteiger partial charge on any atom is -0.231 e. The van der Waals surface area contributed by atoms with E-state index < -0.39 is 33.8 Å². The summed E-state index contributed by atoms with van der Waals surface area (Å²) in [5.41, 5.74) is -2.48. The van der Waals surface area contributed by atoms with E-state index in [-0.39, 0.29) is 16.6 Å². The summed E-state index contributed by atoms with van der Waals surface area (Å²) in [5.74, 6) is 0. The quantitative estimate of drug-likeness (QED) is 0.807. The van der Waals surface area contributed by atoms with E-state index >= 15 is 0 Å². The Morgan fingerprint density at radius 1 is 1.14 bits per heavy atom. The molecule has 0 aliphatic carbocycles. The third-order valence-corrected chi connectivity index (χ3v) is 3.89. The van der Waals surface area contributed by atoms with Crippen LogP contribution in [0.4, 0.5) is 22.0 Å². The molecule has 0 saturated heterocycles. The van der Waals surface area contributed by atoms with Crippen LogP contribution in [0.15, 0.2) is 35.2 Å². The van der Waals surface area contributed by atoms with Crippen molar-refractivity contribution in [3.63, 3.8) is 0 Å². The Morgan fingerprint density at radius 3 is 2.09 bits per heavy atom. The maximum Gasteiger partial charge on any atom is 0.435 e. The lowest BCUT2D eigenvalue weighted by molar-refractivity contribution is -0.141. The maximum atomic E-state index is 12.9. The summed E-state index contributed by atoms with van der Waals surface area (Å²) in [4.78, 5) is -0.0851. The minimum absolute atomic E-state index is 0.0851. The van der Waals surface area contributed by atoms with Gasteiger partial charge in [0.05, 0.1) is 10.6 Å². The highest BCUT2D eigenvalue weighted by molar-refractivity contribution is 7.90. The second kappa shape index (κ2) is 5.34. The van der Waals surface area contributed by atoms with Crippen molar-refractivity contribution in [2.45, 2.75) is 17.5 Å². The number of alkyl halides is 5. The summed E-state index contributed by atoms with van der Waals surface area (Å²) in [7, 11) is -3.50. The van der Waals surface area contributed by atoms with Gasteiger partial charge in [0.15, 0.2) is 15.5 Å². The Morgan fingerprint density at radius 2 is 1.68 bits per heavy atom. The first-order chi connectivity index (χ1) is 10.00. The molecule has 0 radical (unpaired) electrons. The van der Waals surface area contributed by atoms with Gasteiger partial charge in [0, 0.05) is 6.26 Å². The molecule has 10 heteroatoms. The zero-order valence-corrected chi connectivity index (χ0v) is 11.8. The van der Waals surface area contributed by atoms with Gasteiger partial charge in [0.25, 0.3) is 6.43 Å². The second-order valence-corrected chi connectivity index (χ2v) is 6.45. The molecule has 0 spiro atoms. The van der Waals surface area contributed by atoms with E-state index in [1.54, 1.807) is 0 Å². The molecule has 22 heavy (non-hydrogen) atoms. The molecule has 0 bridgehead atoms. The van der Waals surface area contributed by atoms with Crippen LogP contribution in [0.1, 0.15) is 17.8 Å². The number of aromatic nitrogens is 2. The standard InChI is InChI=1S/C12H9F5N2O2S/c1-22(20,21)8-4-2-7(3-5-8)19-9(11(13)14)6-10(18-19)12(15,16)17/h2-6,11H,1H3/i13-1. The number of benzene rings is 1. The lowest BCUT2D eigenvalue weighted by Crippen LogP contribution is -2.08. The predicted octanol–water partition coefficient (Wildman–Crippen LogP) is 3.23. The molecular formula is C12H9F5N2O2S. The molecule has 0 aliphatic heterocycles. The van der Waals surface area contributed by atoms with Gasteiger partial charge in [-0.1, -0.05) is 0 Å². The molecule has 1 aromatic carbocycles. The topological polar surface area (TPSA) is 52.0 Å². The fourth-order valence-electron chi connectivity index (χ4n) is 1.73. The molecule has 1 unspecified atom stereocenters. The van der Waals surface area contributed by atoms with Gasteiger partial charge in [-0.25, -0.2) is 21.9 Å². The van der Waals surface area contributed by atoms with E-state index in [4.69, 9.17) is 0 Å². The average Bonchev–Trinajstić information content (AvgIpc) is 2.82. The Kier molecular flexibility index (Phi) is 3.98. The highest BCUT2D eigenvalue weighted by atomic mass is 32.2. The predicted molar refractivity (Wildman–Crippen MR) is 66.6 cm³/mol. The molecule has 2 rings (SSSR count). The molecule has 1 atom stereocenters. The van der Waals surface area contributed by atoms with E-state index in [0.29, 0.717) is 4.68 Å². The zero-order chi connectivity index (χ0) is 16.7. The molecule has 120 valence electrons. The number of hydrogen-bond donors (Lipinski definition) is 0. The van der Waals surface area contributed by atoms with Crippen LogP contribution in [0.25, 0.3) is 5.69 Å². The molecule has 4 nitrogen and oxygen atoms in total. The van der Waals surface area contributed by atoms with Gasteiger partial charge in [0.1, 0.15) is 5.69 Å². The van der Waals surface area contributed by atoms with Crippen molar-refractivity contribution in [1.29, 1.82) is 0 Å². The number of nitrogens with zero attached hydrogens (tertiary/aromatic N) is 2. The molecule has 0 amide bonds. The van der Waals surface area contributed by atoms with E-state index in [1.165, 1.54) is 0 Å². The third kappa shape index (κ3) is 3.26. The van der Waals surface area contributed by atoms with Gasteiger partial charge in [-0.15, -0.1) is 0 Å². The van der Waals surface area contributed by atoms with E-state index in [0.717, 1.165) is 30.5 Å². The van der Waals surface area contributed by atoms with Crippen molar-refractivity contribution in [2.24, 2.45) is 0 Å². The summed E-state index contributed by atoms with van der Waals surface area (Å²) in [6.45, 7) is 0. The SMILES string of the molecule is CS(=O)(=O)c1ccc(-n2nc(C(F)(F)F)cc2C(F)[18F])cc1. The number of rotatable bonds is 3. The Balaban J connectivity index is 2.54. The van der Waals surface area contributed by atoms with Crippen molar-refractivity contribution < 1.29 is 30.4 Å². The summed E-state index contributed by atoms with van der Waals surface area (Å²) < 4.78 is 86.5. The Labute approximate surface area is 122 Å². The monoisotopic (exact) mass is 339 g/mol. The largest absolute Gasteiger partial charge is 0.435 e. The number of hydrogen-bond acceptors (Lipinski definition) is 3. The van der Waals surface area contributed by atoms with Gasteiger partial charge in [0.2, 0.25) is 0 Å². The zero-order valence-electron chi connectivity index (χ0n) is 11.0. The highest BCUT2D eigenvalue weighted by Crippen LogP contribution is 2.32. The highest BCUT2D eigenvalue weighted by Gasteiger charge is 2.36. The molecule has 0 saturated carbocycles. The summed E-state index contributed by atoms with van der Waals surface area (Å²) in [6, 6.07) is 4.68. The maximum absolute atomic E-state index is 12.9. The van der Waals surface area contributed by atoms with Gasteiger partial charge in [-0.2, -0.15) is 18.3 Å². The van der Waals surface area contributed by atoms with Crippen molar-refractivity contribution in [1.82, 2.24) is 9.78 Å². The van der Waals surface area contributed by atoms with E-state index in [9.17, 15) is 30.4 Å². The Bertz CT molecular complexity index is 779. The number of sulfone groups is 1. The van der Waals surface area contributed by atoms with E-state index in [2.05, 4.69) is 5.10 Å². The Hall–Kier alpha value is -1.97. The minimum atomic E-state index is -4.86. The first-order valence-electron chi connectivity index (χ1n) is 5.76. The molecule has 0 N–H and O–H groups in total. The van der Waals surface area contributed by atoms with E-state index in [1.807, 2.05) is 0 Å². The fourth-order valence-corrected chi connectivity index (χ4v) is 2.36. The first-order valence-corrected chi connectivity index (χ1v) is 7.65. The van der Waals surface area contributed by atoms with Gasteiger partial charge in [-0.3, -0.25) is 0 Å². The molecule has 0 fully saturated rings. The lowest BCUT2D eigenvalue weighted by atomic mass is 10.3. The number of halogens is 5.